The topological polar surface area (TPSA) is 46.5 Å². The lowest BCUT2D eigenvalue weighted by molar-refractivity contribution is -0.136. The highest BCUT2D eigenvalue weighted by Crippen LogP contribution is 2.35. The lowest BCUT2D eigenvalue weighted by Gasteiger charge is -2.14. The van der Waals surface area contributed by atoms with Crippen molar-refractivity contribution in [2.24, 2.45) is 0 Å². The summed E-state index contributed by atoms with van der Waals surface area (Å²) >= 11 is 1.31. The van der Waals surface area contributed by atoms with Crippen molar-refractivity contribution < 1.29 is 14.6 Å². The third kappa shape index (κ3) is 2.92. The standard InChI is InChI=1S/C12H16O3S/c1-7-5-8(2)11(15-4)10(6-7)16-9(3)12(13)14/h5-6,9H,1-4H3,(H,13,14). The van der Waals surface area contributed by atoms with Gasteiger partial charge in [-0.1, -0.05) is 6.07 Å². The zero-order valence-electron chi connectivity index (χ0n) is 9.90. The van der Waals surface area contributed by atoms with Gasteiger partial charge in [-0.3, -0.25) is 4.79 Å². The van der Waals surface area contributed by atoms with Gasteiger partial charge in [-0.15, -0.1) is 11.8 Å². The van der Waals surface area contributed by atoms with E-state index in [2.05, 4.69) is 0 Å². The number of benzene rings is 1. The molecule has 0 heterocycles. The van der Waals surface area contributed by atoms with E-state index >= 15 is 0 Å². The smallest absolute Gasteiger partial charge is 0.316 e. The summed E-state index contributed by atoms with van der Waals surface area (Å²) in [6.07, 6.45) is 0. The van der Waals surface area contributed by atoms with Gasteiger partial charge in [0.05, 0.1) is 12.0 Å². The molecule has 0 aliphatic heterocycles. The highest BCUT2D eigenvalue weighted by Gasteiger charge is 2.16. The van der Waals surface area contributed by atoms with Crippen molar-refractivity contribution in [2.75, 3.05) is 7.11 Å². The summed E-state index contributed by atoms with van der Waals surface area (Å²) < 4.78 is 5.30. The second-order valence-electron chi connectivity index (χ2n) is 3.71. The van der Waals surface area contributed by atoms with Gasteiger partial charge in [-0.2, -0.15) is 0 Å². The molecule has 0 spiro atoms. The van der Waals surface area contributed by atoms with Crippen molar-refractivity contribution in [3.63, 3.8) is 0 Å². The number of carboxylic acid groups (broad SMARTS) is 1. The van der Waals surface area contributed by atoms with E-state index in [0.717, 1.165) is 21.8 Å². The molecule has 0 aromatic heterocycles. The Morgan fingerprint density at radius 3 is 2.56 bits per heavy atom. The zero-order chi connectivity index (χ0) is 12.3. The van der Waals surface area contributed by atoms with Gasteiger partial charge in [-0.25, -0.2) is 0 Å². The number of methoxy groups -OCH3 is 1. The zero-order valence-corrected chi connectivity index (χ0v) is 10.7. The number of carbonyl (C=O) groups is 1. The van der Waals surface area contributed by atoms with Gasteiger partial charge in [0.2, 0.25) is 0 Å². The first-order chi connectivity index (χ1) is 7.45. The largest absolute Gasteiger partial charge is 0.495 e. The molecule has 0 aliphatic carbocycles. The van der Waals surface area contributed by atoms with Crippen LogP contribution in [0.1, 0.15) is 18.1 Å². The molecular weight excluding hydrogens is 224 g/mol. The van der Waals surface area contributed by atoms with E-state index in [1.54, 1.807) is 14.0 Å². The Morgan fingerprint density at radius 2 is 2.06 bits per heavy atom. The van der Waals surface area contributed by atoms with E-state index < -0.39 is 11.2 Å². The third-order valence-corrected chi connectivity index (χ3v) is 3.35. The van der Waals surface area contributed by atoms with Gasteiger partial charge in [0.1, 0.15) is 11.0 Å². The lowest BCUT2D eigenvalue weighted by Crippen LogP contribution is -2.11. The van der Waals surface area contributed by atoms with E-state index in [0.29, 0.717) is 0 Å². The molecule has 1 atom stereocenters. The molecule has 1 N–H and O–H groups in total. The van der Waals surface area contributed by atoms with Crippen molar-refractivity contribution in [2.45, 2.75) is 30.9 Å². The van der Waals surface area contributed by atoms with Crippen LogP contribution in [0.5, 0.6) is 5.75 Å². The van der Waals surface area contributed by atoms with E-state index in [9.17, 15) is 4.79 Å². The van der Waals surface area contributed by atoms with Crippen LogP contribution in [0.25, 0.3) is 0 Å². The van der Waals surface area contributed by atoms with Gasteiger partial charge in [0.15, 0.2) is 0 Å². The van der Waals surface area contributed by atoms with E-state index in [4.69, 9.17) is 9.84 Å². The quantitative estimate of drug-likeness (QED) is 0.822. The molecule has 1 aromatic rings. The molecule has 0 amide bonds. The Bertz CT molecular complexity index is 401. The van der Waals surface area contributed by atoms with Crippen LogP contribution in [0.3, 0.4) is 0 Å². The first-order valence-corrected chi connectivity index (χ1v) is 5.88. The summed E-state index contributed by atoms with van der Waals surface area (Å²) in [7, 11) is 1.60. The maximum atomic E-state index is 10.8. The molecule has 4 heteroatoms. The van der Waals surface area contributed by atoms with E-state index in [-0.39, 0.29) is 0 Å². The summed E-state index contributed by atoms with van der Waals surface area (Å²) in [4.78, 5) is 11.7. The Balaban J connectivity index is 3.07. The average molecular weight is 240 g/mol. The highest BCUT2D eigenvalue weighted by atomic mass is 32.2. The first kappa shape index (κ1) is 12.9. The Morgan fingerprint density at radius 1 is 1.44 bits per heavy atom. The molecule has 3 nitrogen and oxygen atoms in total. The van der Waals surface area contributed by atoms with Crippen LogP contribution >= 0.6 is 11.8 Å². The van der Waals surface area contributed by atoms with Gasteiger partial charge < -0.3 is 9.84 Å². The Kier molecular flexibility index (Phi) is 4.24. The highest BCUT2D eigenvalue weighted by molar-refractivity contribution is 8.00. The predicted molar refractivity (Wildman–Crippen MR) is 65.4 cm³/mol. The number of thioether (sulfide) groups is 1. The molecule has 0 bridgehead atoms. The molecule has 1 unspecified atom stereocenters. The molecular formula is C12H16O3S. The number of hydrogen-bond acceptors (Lipinski definition) is 3. The summed E-state index contributed by atoms with van der Waals surface area (Å²) in [6.45, 7) is 5.62. The summed E-state index contributed by atoms with van der Waals surface area (Å²) in [6, 6.07) is 3.98. The first-order valence-electron chi connectivity index (χ1n) is 5.00. The molecule has 16 heavy (non-hydrogen) atoms. The lowest BCUT2D eigenvalue weighted by atomic mass is 10.1. The fraction of sp³-hybridized carbons (Fsp3) is 0.417. The minimum Gasteiger partial charge on any atom is -0.495 e. The average Bonchev–Trinajstić information content (AvgIpc) is 2.16. The maximum Gasteiger partial charge on any atom is 0.316 e. The third-order valence-electron chi connectivity index (χ3n) is 2.24. The van der Waals surface area contributed by atoms with E-state index in [1.807, 2.05) is 26.0 Å². The molecule has 0 saturated carbocycles. The predicted octanol–water partition coefficient (Wildman–Crippen LogP) is 2.88. The van der Waals surface area contributed by atoms with Gasteiger partial charge in [0.25, 0.3) is 0 Å². The second-order valence-corrected chi connectivity index (χ2v) is 5.09. The summed E-state index contributed by atoms with van der Waals surface area (Å²) in [5.41, 5.74) is 2.14. The Labute approximate surface area is 99.8 Å². The van der Waals surface area contributed by atoms with Crippen LogP contribution < -0.4 is 4.74 Å². The maximum absolute atomic E-state index is 10.8. The molecule has 0 fully saturated rings. The van der Waals surface area contributed by atoms with Crippen LogP contribution in [-0.2, 0) is 4.79 Å². The van der Waals surface area contributed by atoms with Crippen LogP contribution in [-0.4, -0.2) is 23.4 Å². The number of hydrogen-bond donors (Lipinski definition) is 1. The second kappa shape index (κ2) is 5.25. The number of aliphatic carboxylic acids is 1. The van der Waals surface area contributed by atoms with Crippen LogP contribution in [0, 0.1) is 13.8 Å². The van der Waals surface area contributed by atoms with Crippen molar-refractivity contribution in [3.8, 4) is 5.75 Å². The molecule has 0 radical (unpaired) electrons. The fourth-order valence-corrected chi connectivity index (χ4v) is 2.59. The monoisotopic (exact) mass is 240 g/mol. The van der Waals surface area contributed by atoms with E-state index in [1.165, 1.54) is 11.8 Å². The summed E-state index contributed by atoms with van der Waals surface area (Å²) in [5, 5.41) is 8.41. The molecule has 1 rings (SSSR count). The van der Waals surface area contributed by atoms with Crippen LogP contribution in [0.2, 0.25) is 0 Å². The molecule has 88 valence electrons. The molecule has 0 aliphatic rings. The summed E-state index contributed by atoms with van der Waals surface area (Å²) in [5.74, 6) is -0.0464. The van der Waals surface area contributed by atoms with Gasteiger partial charge >= 0.3 is 5.97 Å². The minimum atomic E-state index is -0.814. The molecule has 0 saturated heterocycles. The van der Waals surface area contributed by atoms with Crippen molar-refractivity contribution in [1.82, 2.24) is 0 Å². The van der Waals surface area contributed by atoms with Gasteiger partial charge in [-0.05, 0) is 38.0 Å². The van der Waals surface area contributed by atoms with Crippen LogP contribution in [0.15, 0.2) is 17.0 Å². The Hall–Kier alpha value is -1.16. The normalized spacial score (nSPS) is 12.2. The number of ether oxygens (including phenoxy) is 1. The minimum absolute atomic E-state index is 0.477. The van der Waals surface area contributed by atoms with Crippen LogP contribution in [0.4, 0.5) is 0 Å². The van der Waals surface area contributed by atoms with Gasteiger partial charge in [0, 0.05) is 0 Å². The van der Waals surface area contributed by atoms with Crippen molar-refractivity contribution in [3.05, 3.63) is 23.3 Å². The number of aryl methyl sites for hydroxylation is 2. The number of carboxylic acids is 1. The molecule has 1 aromatic carbocycles. The SMILES string of the molecule is COc1c(C)cc(C)cc1SC(C)C(=O)O. The van der Waals surface area contributed by atoms with Crippen molar-refractivity contribution >= 4 is 17.7 Å². The number of rotatable bonds is 4. The van der Waals surface area contributed by atoms with Crippen molar-refractivity contribution in [1.29, 1.82) is 0 Å². The fourth-order valence-electron chi connectivity index (χ4n) is 1.51.